The highest BCUT2D eigenvalue weighted by atomic mass is 32.2. The molecule has 16 heteroatoms. The van der Waals surface area contributed by atoms with Crippen LogP contribution in [0.1, 0.15) is 46.1 Å². The van der Waals surface area contributed by atoms with E-state index in [0.29, 0.717) is 18.5 Å². The third-order valence-corrected chi connectivity index (χ3v) is 10.9. The molecule has 6 rings (SSSR count). The topological polar surface area (TPSA) is 152 Å². The Labute approximate surface area is 282 Å². The van der Waals surface area contributed by atoms with Crippen molar-refractivity contribution in [3.8, 4) is 0 Å². The summed E-state index contributed by atoms with van der Waals surface area (Å²) in [7, 11) is -4.26. The van der Waals surface area contributed by atoms with Crippen molar-refractivity contribution in [1.82, 2.24) is 14.6 Å². The number of rotatable bonds is 13. The smallest absolute Gasteiger partial charge is 0.407 e. The number of nitrogens with zero attached hydrogens (tertiary/aromatic N) is 2. The van der Waals surface area contributed by atoms with E-state index in [2.05, 4.69) is 15.6 Å². The lowest BCUT2D eigenvalue weighted by molar-refractivity contribution is -0.130. The van der Waals surface area contributed by atoms with E-state index >= 15 is 0 Å². The van der Waals surface area contributed by atoms with Crippen molar-refractivity contribution in [3.05, 3.63) is 53.3 Å². The van der Waals surface area contributed by atoms with Crippen LogP contribution in [0.2, 0.25) is 0 Å². The van der Waals surface area contributed by atoms with Gasteiger partial charge in [-0.2, -0.15) is 9.29 Å². The average molecular weight is 711 g/mol. The number of anilines is 1. The fraction of sp³-hybridized carbons (Fsp3) is 0.576. The van der Waals surface area contributed by atoms with Crippen LogP contribution in [0.4, 0.5) is 24.0 Å². The largest absolute Gasteiger partial charge is 0.446 e. The summed E-state index contributed by atoms with van der Waals surface area (Å²) in [6, 6.07) is 4.72. The van der Waals surface area contributed by atoms with E-state index < -0.39 is 58.4 Å². The number of amides is 1. The van der Waals surface area contributed by atoms with E-state index in [1.807, 2.05) is 13.8 Å². The fourth-order valence-electron chi connectivity index (χ4n) is 6.86. The molecule has 1 saturated carbocycles. The van der Waals surface area contributed by atoms with Gasteiger partial charge in [0.1, 0.15) is 11.6 Å². The van der Waals surface area contributed by atoms with E-state index in [9.17, 15) is 31.5 Å². The summed E-state index contributed by atoms with van der Waals surface area (Å²) in [6.07, 6.45) is -2.61. The molecule has 2 aliphatic heterocycles. The zero-order chi connectivity index (χ0) is 35.2. The molecule has 3 aromatic rings. The molecule has 1 aromatic heterocycles. The van der Waals surface area contributed by atoms with Gasteiger partial charge in [-0.05, 0) is 62.4 Å². The van der Waals surface area contributed by atoms with Crippen molar-refractivity contribution in [2.45, 2.75) is 88.5 Å². The number of oxazole rings is 1. The van der Waals surface area contributed by atoms with E-state index in [4.69, 9.17) is 18.6 Å². The van der Waals surface area contributed by atoms with Crippen LogP contribution in [0.25, 0.3) is 11.1 Å². The first-order valence-electron chi connectivity index (χ1n) is 16.4. The number of sulfonamides is 1. The predicted octanol–water partition coefficient (Wildman–Crippen LogP) is 4.56. The molecule has 2 bridgehead atoms. The van der Waals surface area contributed by atoms with Crippen molar-refractivity contribution in [3.63, 3.8) is 0 Å². The van der Waals surface area contributed by atoms with Crippen LogP contribution in [-0.4, -0.2) is 85.3 Å². The SMILES string of the molecule is CC(C)CN(C[C@@H](O)[C@H](Cc1cc(F)c(F)c(F)c1)NC(=O)OC1CC2CC3C(OCC13)O2)S(=O)(=O)c1ccc2nc(NC(C)C)oc2c1. The van der Waals surface area contributed by atoms with Gasteiger partial charge in [-0.15, -0.1) is 0 Å². The van der Waals surface area contributed by atoms with Crippen LogP contribution in [0.3, 0.4) is 0 Å². The van der Waals surface area contributed by atoms with Gasteiger partial charge in [0, 0.05) is 43.5 Å². The molecule has 2 aromatic carbocycles. The molecule has 7 atom stereocenters. The number of aliphatic hydroxyl groups excluding tert-OH is 1. The Balaban J connectivity index is 1.24. The third-order valence-electron chi connectivity index (χ3n) is 9.08. The molecule has 268 valence electrons. The van der Waals surface area contributed by atoms with Crippen LogP contribution in [0.5, 0.6) is 0 Å². The maximum atomic E-state index is 14.2. The van der Waals surface area contributed by atoms with Gasteiger partial charge in [-0.3, -0.25) is 0 Å². The maximum absolute atomic E-state index is 14.2. The zero-order valence-corrected chi connectivity index (χ0v) is 28.4. The maximum Gasteiger partial charge on any atom is 0.407 e. The van der Waals surface area contributed by atoms with Crippen LogP contribution >= 0.6 is 0 Å². The van der Waals surface area contributed by atoms with E-state index in [-0.39, 0.29) is 71.2 Å². The van der Waals surface area contributed by atoms with Crippen molar-refractivity contribution in [1.29, 1.82) is 0 Å². The summed E-state index contributed by atoms with van der Waals surface area (Å²) >= 11 is 0. The van der Waals surface area contributed by atoms with E-state index in [0.717, 1.165) is 22.9 Å². The number of hydrogen-bond acceptors (Lipinski definition) is 10. The minimum atomic E-state index is -4.26. The van der Waals surface area contributed by atoms with Crippen LogP contribution < -0.4 is 10.6 Å². The number of benzene rings is 2. The molecule has 2 saturated heterocycles. The molecule has 49 heavy (non-hydrogen) atoms. The molecular weight excluding hydrogens is 669 g/mol. The second kappa shape index (κ2) is 14.1. The number of ether oxygens (including phenoxy) is 3. The first-order valence-corrected chi connectivity index (χ1v) is 17.8. The number of carbonyl (C=O) groups is 1. The Morgan fingerprint density at radius 1 is 1.08 bits per heavy atom. The monoisotopic (exact) mass is 710 g/mol. The van der Waals surface area contributed by atoms with Gasteiger partial charge in [0.05, 0.1) is 29.8 Å². The Bertz CT molecular complexity index is 1770. The number of alkyl carbamates (subject to hydrolysis) is 1. The van der Waals surface area contributed by atoms with Gasteiger partial charge in [0.15, 0.2) is 29.3 Å². The normalized spacial score (nSPS) is 24.6. The van der Waals surface area contributed by atoms with Crippen LogP contribution in [0, 0.1) is 35.2 Å². The number of nitrogens with one attached hydrogen (secondary N) is 2. The first-order chi connectivity index (χ1) is 23.2. The highest BCUT2D eigenvalue weighted by Gasteiger charge is 2.54. The number of halogens is 3. The summed E-state index contributed by atoms with van der Waals surface area (Å²) in [5, 5.41) is 17.2. The standard InChI is InChI=1S/C33H41F3N4O8S/c1-16(2)13-40(49(43,44)20-5-6-25-29(12-20)47-32(38-25)37-17(3)4)14-27(41)26(9-18-7-23(34)30(36)24(35)8-18)39-33(42)48-28-11-19-10-21-22(28)15-45-31(21)46-19/h5-8,12,16-17,19,21-22,26-28,31,41H,9-11,13-15H2,1-4H3,(H,37,38)(H,39,42)/t19?,21?,22?,26-,27+,28?,31?/m0/s1. The Morgan fingerprint density at radius 3 is 2.51 bits per heavy atom. The Kier molecular flexibility index (Phi) is 10.2. The molecule has 0 spiro atoms. The molecule has 3 heterocycles. The summed E-state index contributed by atoms with van der Waals surface area (Å²) in [5.41, 5.74) is 0.602. The summed E-state index contributed by atoms with van der Waals surface area (Å²) in [5.74, 6) is -4.73. The van der Waals surface area contributed by atoms with Crippen LogP contribution in [0.15, 0.2) is 39.6 Å². The van der Waals surface area contributed by atoms with Gasteiger partial charge in [-0.1, -0.05) is 13.8 Å². The van der Waals surface area contributed by atoms with E-state index in [1.54, 1.807) is 13.8 Å². The molecule has 1 aliphatic carbocycles. The predicted molar refractivity (Wildman–Crippen MR) is 170 cm³/mol. The van der Waals surface area contributed by atoms with E-state index in [1.165, 1.54) is 18.2 Å². The van der Waals surface area contributed by atoms with Crippen LogP contribution in [-0.2, 0) is 30.7 Å². The second-order valence-electron chi connectivity index (χ2n) is 13.8. The fourth-order valence-corrected chi connectivity index (χ4v) is 8.49. The number of fused-ring (bicyclic) bond motifs is 2. The second-order valence-corrected chi connectivity index (χ2v) is 15.7. The van der Waals surface area contributed by atoms with Gasteiger partial charge in [0.2, 0.25) is 10.0 Å². The molecular formula is C33H41F3N4O8S. The first kappa shape index (κ1) is 35.4. The van der Waals surface area contributed by atoms with Crippen molar-refractivity contribution >= 4 is 33.2 Å². The molecule has 3 aliphatic rings. The quantitative estimate of drug-likeness (QED) is 0.215. The highest BCUT2D eigenvalue weighted by molar-refractivity contribution is 7.89. The lowest BCUT2D eigenvalue weighted by atomic mass is 9.79. The number of aromatic nitrogens is 1. The molecule has 3 fully saturated rings. The average Bonchev–Trinajstić information content (AvgIpc) is 3.69. The van der Waals surface area contributed by atoms with Gasteiger partial charge >= 0.3 is 6.09 Å². The lowest BCUT2D eigenvalue weighted by Gasteiger charge is -2.33. The molecule has 12 nitrogen and oxygen atoms in total. The molecule has 5 unspecified atom stereocenters. The summed E-state index contributed by atoms with van der Waals surface area (Å²) in [4.78, 5) is 17.5. The Morgan fingerprint density at radius 2 is 1.82 bits per heavy atom. The Hall–Kier alpha value is -3.44. The number of hydrogen-bond donors (Lipinski definition) is 3. The molecule has 1 amide bonds. The summed E-state index contributed by atoms with van der Waals surface area (Å²) in [6.45, 7) is 7.24. The lowest BCUT2D eigenvalue weighted by Crippen LogP contribution is -2.52. The van der Waals surface area contributed by atoms with Crippen molar-refractivity contribution < 1.29 is 50.1 Å². The molecule has 3 N–H and O–H groups in total. The van der Waals surface area contributed by atoms with Crippen molar-refractivity contribution in [2.24, 2.45) is 17.8 Å². The van der Waals surface area contributed by atoms with Gasteiger partial charge < -0.3 is 34.4 Å². The number of carbonyl (C=O) groups excluding carboxylic acids is 1. The number of aliphatic hydroxyl groups is 1. The minimum Gasteiger partial charge on any atom is -0.446 e. The summed E-state index contributed by atoms with van der Waals surface area (Å²) < 4.78 is 94.3. The zero-order valence-electron chi connectivity index (χ0n) is 27.6. The van der Waals surface area contributed by atoms with Gasteiger partial charge in [-0.25, -0.2) is 26.4 Å². The third kappa shape index (κ3) is 7.67. The van der Waals surface area contributed by atoms with Gasteiger partial charge in [0.25, 0.3) is 6.01 Å². The van der Waals surface area contributed by atoms with Crippen molar-refractivity contribution in [2.75, 3.05) is 25.0 Å². The highest BCUT2D eigenvalue weighted by Crippen LogP contribution is 2.47. The molecule has 0 radical (unpaired) electrons. The minimum absolute atomic E-state index is 0.0152.